The molecule has 6 nitrogen and oxygen atoms in total. The minimum Gasteiger partial charge on any atom is -0.479 e. The van der Waals surface area contributed by atoms with Crippen molar-refractivity contribution in [3.05, 3.63) is 35.9 Å². The lowest BCUT2D eigenvalue weighted by molar-refractivity contribution is -0.146. The Balaban J connectivity index is 2.61. The second kappa shape index (κ2) is 6.73. The molecule has 0 radical (unpaired) electrons. The Morgan fingerprint density at radius 1 is 1.33 bits per heavy atom. The van der Waals surface area contributed by atoms with Crippen molar-refractivity contribution in [2.75, 3.05) is 13.7 Å². The lowest BCUT2D eigenvalue weighted by Gasteiger charge is -2.16. The number of rotatable bonds is 6. The van der Waals surface area contributed by atoms with Gasteiger partial charge >= 0.3 is 5.97 Å². The minimum atomic E-state index is -1.62. The number of carbonyl (C=O) groups excluding carboxylic acids is 1. The summed E-state index contributed by atoms with van der Waals surface area (Å²) in [5.41, 5.74) is 0.655. The molecular weight excluding hydrogens is 238 g/mol. The first-order valence-corrected chi connectivity index (χ1v) is 5.32. The van der Waals surface area contributed by atoms with Crippen LogP contribution in [0.2, 0.25) is 0 Å². The van der Waals surface area contributed by atoms with Crippen LogP contribution in [0.4, 0.5) is 0 Å². The average molecular weight is 253 g/mol. The average Bonchev–Trinajstić information content (AvgIpc) is 2.38. The van der Waals surface area contributed by atoms with Crippen molar-refractivity contribution in [3.63, 3.8) is 0 Å². The van der Waals surface area contributed by atoms with Crippen molar-refractivity contribution in [1.82, 2.24) is 5.32 Å². The fraction of sp³-hybridized carbons (Fsp3) is 0.333. The number of carboxylic acids is 1. The van der Waals surface area contributed by atoms with Gasteiger partial charge in [0.2, 0.25) is 0 Å². The number of aliphatic hydroxyl groups is 1. The van der Waals surface area contributed by atoms with Crippen molar-refractivity contribution >= 4 is 11.9 Å². The lowest BCUT2D eigenvalue weighted by Crippen LogP contribution is -2.39. The van der Waals surface area contributed by atoms with Gasteiger partial charge in [0.1, 0.15) is 0 Å². The normalized spacial score (nSPS) is 13.7. The summed E-state index contributed by atoms with van der Waals surface area (Å²) in [6.07, 6.45) is -2.45. The molecule has 0 bridgehead atoms. The first-order chi connectivity index (χ1) is 8.56. The fourth-order valence-corrected chi connectivity index (χ4v) is 1.40. The molecule has 0 aliphatic rings. The molecule has 0 aliphatic heterocycles. The van der Waals surface area contributed by atoms with Gasteiger partial charge in [-0.2, -0.15) is 0 Å². The Labute approximate surface area is 104 Å². The third kappa shape index (κ3) is 3.83. The molecule has 1 aromatic rings. The van der Waals surface area contributed by atoms with Crippen molar-refractivity contribution < 1.29 is 24.5 Å². The fourth-order valence-electron chi connectivity index (χ4n) is 1.40. The van der Waals surface area contributed by atoms with E-state index < -0.39 is 24.1 Å². The van der Waals surface area contributed by atoms with Gasteiger partial charge in [0, 0.05) is 7.11 Å². The number of methoxy groups -OCH3 is 1. The molecule has 1 rings (SSSR count). The Morgan fingerprint density at radius 2 is 1.94 bits per heavy atom. The van der Waals surface area contributed by atoms with Gasteiger partial charge in [0.15, 0.2) is 12.2 Å². The van der Waals surface area contributed by atoms with E-state index in [1.54, 1.807) is 24.3 Å². The van der Waals surface area contributed by atoms with E-state index in [2.05, 4.69) is 5.32 Å². The number of aliphatic hydroxyl groups excluding tert-OH is 1. The van der Waals surface area contributed by atoms with Gasteiger partial charge in [0.05, 0.1) is 6.54 Å². The predicted octanol–water partition coefficient (Wildman–Crippen LogP) is -0.0642. The molecule has 3 N–H and O–H groups in total. The molecule has 6 heteroatoms. The Kier molecular flexibility index (Phi) is 5.29. The molecule has 0 saturated heterocycles. The number of carbonyl (C=O) groups is 2. The smallest absolute Gasteiger partial charge is 0.334 e. The molecule has 1 aromatic carbocycles. The SMILES string of the molecule is COC(C(=O)NC[C@H](O)C(=O)O)c1ccccc1. The molecular formula is C12H15NO5. The summed E-state index contributed by atoms with van der Waals surface area (Å²) < 4.78 is 5.05. The molecule has 0 fully saturated rings. The largest absolute Gasteiger partial charge is 0.479 e. The number of amides is 1. The number of hydrogen-bond donors (Lipinski definition) is 3. The van der Waals surface area contributed by atoms with Crippen molar-refractivity contribution in [2.24, 2.45) is 0 Å². The van der Waals surface area contributed by atoms with Crippen molar-refractivity contribution in [3.8, 4) is 0 Å². The van der Waals surface area contributed by atoms with Crippen molar-refractivity contribution in [1.29, 1.82) is 0 Å². The van der Waals surface area contributed by atoms with Crippen LogP contribution in [-0.2, 0) is 14.3 Å². The molecule has 18 heavy (non-hydrogen) atoms. The third-order valence-corrected chi connectivity index (χ3v) is 2.33. The summed E-state index contributed by atoms with van der Waals surface area (Å²) in [6.45, 7) is -0.360. The number of ether oxygens (including phenoxy) is 1. The highest BCUT2D eigenvalue weighted by Gasteiger charge is 2.21. The minimum absolute atomic E-state index is 0.360. The molecule has 98 valence electrons. The Bertz CT molecular complexity index is 406. The summed E-state index contributed by atoms with van der Waals surface area (Å²) in [6, 6.07) is 8.78. The topological polar surface area (TPSA) is 95.9 Å². The maximum atomic E-state index is 11.8. The van der Waals surface area contributed by atoms with E-state index in [-0.39, 0.29) is 6.54 Å². The molecule has 0 aromatic heterocycles. The highest BCUT2D eigenvalue weighted by molar-refractivity contribution is 5.83. The quantitative estimate of drug-likeness (QED) is 0.660. The van der Waals surface area contributed by atoms with E-state index >= 15 is 0 Å². The molecule has 0 heterocycles. The van der Waals surface area contributed by atoms with Crippen LogP contribution in [0.15, 0.2) is 30.3 Å². The van der Waals surface area contributed by atoms with E-state index in [4.69, 9.17) is 14.9 Å². The van der Waals surface area contributed by atoms with Gasteiger partial charge in [-0.15, -0.1) is 0 Å². The number of carboxylic acid groups (broad SMARTS) is 1. The van der Waals surface area contributed by atoms with E-state index in [0.717, 1.165) is 0 Å². The van der Waals surface area contributed by atoms with Gasteiger partial charge in [-0.1, -0.05) is 30.3 Å². The third-order valence-electron chi connectivity index (χ3n) is 2.33. The Hall–Kier alpha value is -1.92. The van der Waals surface area contributed by atoms with Crippen molar-refractivity contribution in [2.45, 2.75) is 12.2 Å². The van der Waals surface area contributed by atoms with Crippen LogP contribution in [0.1, 0.15) is 11.7 Å². The predicted molar refractivity (Wildman–Crippen MR) is 62.8 cm³/mol. The molecule has 1 amide bonds. The van der Waals surface area contributed by atoms with Crippen LogP contribution in [-0.4, -0.2) is 41.8 Å². The maximum Gasteiger partial charge on any atom is 0.334 e. The van der Waals surface area contributed by atoms with Gasteiger partial charge in [0.25, 0.3) is 5.91 Å². The summed E-state index contributed by atoms with van der Waals surface area (Å²) in [5.74, 6) is -1.88. The van der Waals surface area contributed by atoms with Gasteiger partial charge < -0.3 is 20.3 Å². The zero-order valence-electron chi connectivity index (χ0n) is 9.87. The first kappa shape index (κ1) is 14.1. The Morgan fingerprint density at radius 3 is 2.44 bits per heavy atom. The van der Waals surface area contributed by atoms with Crippen LogP contribution in [0.25, 0.3) is 0 Å². The van der Waals surface area contributed by atoms with Gasteiger partial charge in [-0.05, 0) is 5.56 Å². The van der Waals surface area contributed by atoms with E-state index in [9.17, 15) is 9.59 Å². The molecule has 2 atom stereocenters. The summed E-state index contributed by atoms with van der Waals surface area (Å²) in [7, 11) is 1.38. The summed E-state index contributed by atoms with van der Waals surface area (Å²) >= 11 is 0. The molecule has 0 spiro atoms. The monoisotopic (exact) mass is 253 g/mol. The first-order valence-electron chi connectivity index (χ1n) is 5.32. The van der Waals surface area contributed by atoms with E-state index in [0.29, 0.717) is 5.56 Å². The van der Waals surface area contributed by atoms with Crippen LogP contribution >= 0.6 is 0 Å². The second-order valence-electron chi connectivity index (χ2n) is 3.63. The molecule has 0 aliphatic carbocycles. The highest BCUT2D eigenvalue weighted by atomic mass is 16.5. The van der Waals surface area contributed by atoms with Gasteiger partial charge in [-0.25, -0.2) is 4.79 Å². The molecule has 1 unspecified atom stereocenters. The van der Waals surface area contributed by atoms with Crippen LogP contribution in [0.5, 0.6) is 0 Å². The summed E-state index contributed by atoms with van der Waals surface area (Å²) in [4.78, 5) is 22.2. The highest BCUT2D eigenvalue weighted by Crippen LogP contribution is 2.15. The maximum absolute atomic E-state index is 11.8. The van der Waals surface area contributed by atoms with Gasteiger partial charge in [-0.3, -0.25) is 4.79 Å². The zero-order chi connectivity index (χ0) is 13.5. The molecule has 0 saturated carbocycles. The second-order valence-corrected chi connectivity index (χ2v) is 3.63. The zero-order valence-corrected chi connectivity index (χ0v) is 9.87. The van der Waals surface area contributed by atoms with Crippen LogP contribution in [0, 0.1) is 0 Å². The van der Waals surface area contributed by atoms with E-state index in [1.165, 1.54) is 7.11 Å². The number of nitrogens with one attached hydrogen (secondary N) is 1. The number of benzene rings is 1. The summed E-state index contributed by atoms with van der Waals surface area (Å²) in [5, 5.41) is 19.8. The van der Waals surface area contributed by atoms with E-state index in [1.807, 2.05) is 6.07 Å². The lowest BCUT2D eigenvalue weighted by atomic mass is 10.1. The number of aliphatic carboxylic acids is 1. The standard InChI is InChI=1S/C12H15NO5/c1-18-10(8-5-3-2-4-6-8)11(15)13-7-9(14)12(16)17/h2-6,9-10,14H,7H2,1H3,(H,13,15)(H,16,17)/t9-,10?/m0/s1. The number of hydrogen-bond acceptors (Lipinski definition) is 4. The van der Waals surface area contributed by atoms with Crippen LogP contribution < -0.4 is 5.32 Å². The van der Waals surface area contributed by atoms with Crippen LogP contribution in [0.3, 0.4) is 0 Å².